The first-order valence-electron chi connectivity index (χ1n) is 6.55. The van der Waals surface area contributed by atoms with Crippen LogP contribution in [0.4, 0.5) is 18.9 Å². The highest BCUT2D eigenvalue weighted by atomic mass is 19.2. The van der Waals surface area contributed by atoms with Gasteiger partial charge in [-0.15, -0.1) is 0 Å². The van der Waals surface area contributed by atoms with Crippen molar-refractivity contribution in [3.63, 3.8) is 0 Å². The molecule has 112 valence electrons. The quantitative estimate of drug-likeness (QED) is 0.836. The summed E-state index contributed by atoms with van der Waals surface area (Å²) >= 11 is 0. The molecule has 1 unspecified atom stereocenters. The van der Waals surface area contributed by atoms with Crippen LogP contribution < -0.4 is 10.1 Å². The highest BCUT2D eigenvalue weighted by molar-refractivity contribution is 5.46. The van der Waals surface area contributed by atoms with E-state index in [9.17, 15) is 13.2 Å². The Hall–Kier alpha value is -2.17. The molecule has 0 fully saturated rings. The average molecular weight is 295 g/mol. The number of hydrogen-bond acceptors (Lipinski definition) is 2. The van der Waals surface area contributed by atoms with E-state index in [1.54, 1.807) is 7.11 Å². The minimum atomic E-state index is -1.47. The van der Waals surface area contributed by atoms with Crippen LogP contribution in [0.1, 0.15) is 12.5 Å². The van der Waals surface area contributed by atoms with E-state index in [0.29, 0.717) is 6.42 Å². The third-order valence-corrected chi connectivity index (χ3v) is 3.16. The minimum Gasteiger partial charge on any atom is -0.496 e. The number of methoxy groups -OCH3 is 1. The molecular weight excluding hydrogens is 279 g/mol. The number of para-hydroxylation sites is 1. The molecule has 0 aliphatic carbocycles. The largest absolute Gasteiger partial charge is 0.496 e. The molecule has 0 bridgehead atoms. The monoisotopic (exact) mass is 295 g/mol. The second kappa shape index (κ2) is 6.52. The molecule has 2 aromatic carbocycles. The Morgan fingerprint density at radius 1 is 1.05 bits per heavy atom. The fourth-order valence-corrected chi connectivity index (χ4v) is 2.16. The van der Waals surface area contributed by atoms with Crippen molar-refractivity contribution < 1.29 is 17.9 Å². The molecule has 1 atom stereocenters. The van der Waals surface area contributed by atoms with Gasteiger partial charge in [-0.2, -0.15) is 0 Å². The van der Waals surface area contributed by atoms with E-state index in [2.05, 4.69) is 5.32 Å². The normalized spacial score (nSPS) is 12.0. The molecule has 2 nitrogen and oxygen atoms in total. The van der Waals surface area contributed by atoms with Gasteiger partial charge in [0.25, 0.3) is 0 Å². The maximum absolute atomic E-state index is 13.6. The van der Waals surface area contributed by atoms with Gasteiger partial charge in [-0.25, -0.2) is 13.2 Å². The summed E-state index contributed by atoms with van der Waals surface area (Å²) in [7, 11) is 1.58. The number of halogens is 3. The van der Waals surface area contributed by atoms with Gasteiger partial charge in [0.2, 0.25) is 0 Å². The second-order valence-corrected chi connectivity index (χ2v) is 4.78. The Morgan fingerprint density at radius 3 is 2.48 bits per heavy atom. The number of hydrogen-bond donors (Lipinski definition) is 1. The highest BCUT2D eigenvalue weighted by Crippen LogP contribution is 2.23. The molecule has 0 saturated carbocycles. The van der Waals surface area contributed by atoms with Crippen molar-refractivity contribution in [2.24, 2.45) is 0 Å². The van der Waals surface area contributed by atoms with Crippen molar-refractivity contribution in [1.82, 2.24) is 0 Å². The zero-order valence-corrected chi connectivity index (χ0v) is 11.8. The third-order valence-electron chi connectivity index (χ3n) is 3.16. The van der Waals surface area contributed by atoms with Crippen LogP contribution in [0.5, 0.6) is 5.75 Å². The standard InChI is InChI=1S/C16H16F3NO/c1-10(9-11-5-3-4-6-14(11)21-2)20-13-8-7-12(17)15(18)16(13)19/h3-8,10,20H,9H2,1-2H3. The molecule has 0 spiro atoms. The lowest BCUT2D eigenvalue weighted by molar-refractivity contribution is 0.408. The van der Waals surface area contributed by atoms with Crippen molar-refractivity contribution in [3.05, 3.63) is 59.4 Å². The van der Waals surface area contributed by atoms with Gasteiger partial charge in [-0.3, -0.25) is 0 Å². The first kappa shape index (κ1) is 15.2. The summed E-state index contributed by atoms with van der Waals surface area (Å²) in [5.74, 6) is -3.14. The second-order valence-electron chi connectivity index (χ2n) is 4.78. The van der Waals surface area contributed by atoms with Gasteiger partial charge in [-0.1, -0.05) is 18.2 Å². The summed E-state index contributed by atoms with van der Waals surface area (Å²) in [6.07, 6.45) is 0.558. The number of benzene rings is 2. The molecule has 0 aromatic heterocycles. The average Bonchev–Trinajstić information content (AvgIpc) is 2.48. The first-order chi connectivity index (χ1) is 10.0. The summed E-state index contributed by atoms with van der Waals surface area (Å²) < 4.78 is 44.9. The Balaban J connectivity index is 2.12. The van der Waals surface area contributed by atoms with Gasteiger partial charge in [0.15, 0.2) is 17.5 Å². The molecule has 2 rings (SSSR count). The summed E-state index contributed by atoms with van der Waals surface area (Å²) in [6, 6.07) is 9.38. The van der Waals surface area contributed by atoms with Crippen molar-refractivity contribution in [2.75, 3.05) is 12.4 Å². The molecule has 21 heavy (non-hydrogen) atoms. The van der Waals surface area contributed by atoms with E-state index in [-0.39, 0.29) is 11.7 Å². The van der Waals surface area contributed by atoms with Gasteiger partial charge in [0.05, 0.1) is 12.8 Å². The van der Waals surface area contributed by atoms with Crippen LogP contribution in [-0.2, 0) is 6.42 Å². The van der Waals surface area contributed by atoms with Crippen molar-refractivity contribution in [2.45, 2.75) is 19.4 Å². The number of nitrogens with one attached hydrogen (secondary N) is 1. The topological polar surface area (TPSA) is 21.3 Å². The molecule has 0 heterocycles. The zero-order chi connectivity index (χ0) is 15.4. The van der Waals surface area contributed by atoms with Crippen LogP contribution in [0.15, 0.2) is 36.4 Å². The Labute approximate surface area is 121 Å². The van der Waals surface area contributed by atoms with Gasteiger partial charge >= 0.3 is 0 Å². The fourth-order valence-electron chi connectivity index (χ4n) is 2.16. The van der Waals surface area contributed by atoms with Crippen LogP contribution in [0.2, 0.25) is 0 Å². The van der Waals surface area contributed by atoms with Crippen molar-refractivity contribution >= 4 is 5.69 Å². The van der Waals surface area contributed by atoms with Gasteiger partial charge < -0.3 is 10.1 Å². The summed E-state index contributed by atoms with van der Waals surface area (Å²) in [6.45, 7) is 1.83. The van der Waals surface area contributed by atoms with Gasteiger partial charge in [-0.05, 0) is 37.1 Å². The highest BCUT2D eigenvalue weighted by Gasteiger charge is 2.15. The first-order valence-corrected chi connectivity index (χ1v) is 6.55. The molecular formula is C16H16F3NO. The molecule has 1 N–H and O–H groups in total. The van der Waals surface area contributed by atoms with Crippen LogP contribution in [0, 0.1) is 17.5 Å². The van der Waals surface area contributed by atoms with Crippen LogP contribution in [-0.4, -0.2) is 13.2 Å². The Morgan fingerprint density at radius 2 is 1.76 bits per heavy atom. The van der Waals surface area contributed by atoms with Gasteiger partial charge in [0, 0.05) is 6.04 Å². The summed E-state index contributed by atoms with van der Waals surface area (Å²) in [5, 5.41) is 2.84. The fraction of sp³-hybridized carbons (Fsp3) is 0.250. The van der Waals surface area contributed by atoms with Crippen LogP contribution in [0.25, 0.3) is 0 Å². The number of anilines is 1. The molecule has 0 saturated heterocycles. The smallest absolute Gasteiger partial charge is 0.196 e. The van der Waals surface area contributed by atoms with E-state index in [0.717, 1.165) is 17.4 Å². The maximum atomic E-state index is 13.6. The summed E-state index contributed by atoms with van der Waals surface area (Å²) in [5.41, 5.74) is 0.888. The molecule has 2 aromatic rings. The van der Waals surface area contributed by atoms with E-state index in [4.69, 9.17) is 4.74 Å². The molecule has 0 aliphatic rings. The van der Waals surface area contributed by atoms with E-state index < -0.39 is 17.5 Å². The number of ether oxygens (including phenoxy) is 1. The lowest BCUT2D eigenvalue weighted by atomic mass is 10.1. The van der Waals surface area contributed by atoms with Crippen molar-refractivity contribution in [1.29, 1.82) is 0 Å². The maximum Gasteiger partial charge on any atom is 0.196 e. The van der Waals surface area contributed by atoms with E-state index in [1.165, 1.54) is 6.07 Å². The lowest BCUT2D eigenvalue weighted by Crippen LogP contribution is -2.19. The minimum absolute atomic E-state index is 0.0590. The third kappa shape index (κ3) is 3.48. The van der Waals surface area contributed by atoms with E-state index >= 15 is 0 Å². The molecule has 0 radical (unpaired) electrons. The number of rotatable bonds is 5. The molecule has 5 heteroatoms. The zero-order valence-electron chi connectivity index (χ0n) is 11.8. The van der Waals surface area contributed by atoms with Crippen LogP contribution >= 0.6 is 0 Å². The SMILES string of the molecule is COc1ccccc1CC(C)Nc1ccc(F)c(F)c1F. The lowest BCUT2D eigenvalue weighted by Gasteiger charge is -2.17. The molecule has 0 aliphatic heterocycles. The predicted molar refractivity (Wildman–Crippen MR) is 76.1 cm³/mol. The van der Waals surface area contributed by atoms with Crippen LogP contribution in [0.3, 0.4) is 0 Å². The van der Waals surface area contributed by atoms with Gasteiger partial charge in [0.1, 0.15) is 5.75 Å². The molecule has 0 amide bonds. The Kier molecular flexibility index (Phi) is 4.73. The Bertz CT molecular complexity index is 631. The summed E-state index contributed by atoms with van der Waals surface area (Å²) in [4.78, 5) is 0. The predicted octanol–water partition coefficient (Wildman–Crippen LogP) is 4.16. The van der Waals surface area contributed by atoms with E-state index in [1.807, 2.05) is 31.2 Å². The van der Waals surface area contributed by atoms with Crippen molar-refractivity contribution in [3.8, 4) is 5.75 Å².